The monoisotopic (exact) mass is 341 g/mol. The fraction of sp³-hybridized carbons (Fsp3) is 0.182. The van der Waals surface area contributed by atoms with Crippen LogP contribution >= 0.6 is 0 Å². The molecule has 0 amide bonds. The summed E-state index contributed by atoms with van der Waals surface area (Å²) in [5.41, 5.74) is 6.44. The molecule has 0 fully saturated rings. The van der Waals surface area contributed by atoms with Gasteiger partial charge in [0.2, 0.25) is 0 Å². The molecule has 0 unspecified atom stereocenters. The number of nitriles is 1. The molecule has 1 aliphatic rings. The van der Waals surface area contributed by atoms with Gasteiger partial charge in [0.25, 0.3) is 0 Å². The number of benzene rings is 2. The van der Waals surface area contributed by atoms with Gasteiger partial charge in [-0.2, -0.15) is 5.26 Å². The Hall–Kier alpha value is -3.19. The summed E-state index contributed by atoms with van der Waals surface area (Å²) in [6.07, 6.45) is 6.25. The van der Waals surface area contributed by atoms with E-state index in [0.717, 1.165) is 41.6 Å². The minimum Gasteiger partial charge on any atom is -0.361 e. The van der Waals surface area contributed by atoms with E-state index in [9.17, 15) is 9.65 Å². The van der Waals surface area contributed by atoms with Crippen molar-refractivity contribution in [2.45, 2.75) is 25.7 Å². The van der Waals surface area contributed by atoms with E-state index in [0.29, 0.717) is 0 Å². The highest BCUT2D eigenvalue weighted by atomic mass is 19.1. The zero-order valence-electron chi connectivity index (χ0n) is 14.1. The Morgan fingerprint density at radius 1 is 1.04 bits per heavy atom. The van der Waals surface area contributed by atoms with Crippen molar-refractivity contribution < 1.29 is 4.39 Å². The van der Waals surface area contributed by atoms with Gasteiger partial charge >= 0.3 is 0 Å². The van der Waals surface area contributed by atoms with Gasteiger partial charge in [-0.3, -0.25) is 0 Å². The zero-order valence-corrected chi connectivity index (χ0v) is 14.1. The Morgan fingerprint density at radius 3 is 2.73 bits per heavy atom. The van der Waals surface area contributed by atoms with E-state index in [1.54, 1.807) is 12.1 Å². The van der Waals surface area contributed by atoms with Crippen LogP contribution in [-0.4, -0.2) is 9.97 Å². The van der Waals surface area contributed by atoms with Crippen molar-refractivity contribution in [3.8, 4) is 17.3 Å². The second kappa shape index (κ2) is 5.67. The van der Waals surface area contributed by atoms with Crippen LogP contribution < -0.4 is 0 Å². The Kier molecular flexibility index (Phi) is 3.29. The van der Waals surface area contributed by atoms with Crippen LogP contribution in [0.4, 0.5) is 4.39 Å². The average Bonchev–Trinajstić information content (AvgIpc) is 3.16. The van der Waals surface area contributed by atoms with Gasteiger partial charge in [-0.25, -0.2) is 9.37 Å². The number of nitrogens with one attached hydrogen (secondary N) is 1. The van der Waals surface area contributed by atoms with E-state index in [4.69, 9.17) is 4.98 Å². The topological polar surface area (TPSA) is 52.5 Å². The highest BCUT2D eigenvalue weighted by Gasteiger charge is 2.21. The number of rotatable bonds is 1. The maximum atomic E-state index is 13.8. The lowest BCUT2D eigenvalue weighted by atomic mass is 9.85. The van der Waals surface area contributed by atoms with Crippen molar-refractivity contribution in [1.82, 2.24) is 9.97 Å². The summed E-state index contributed by atoms with van der Waals surface area (Å²) in [7, 11) is 0. The minimum atomic E-state index is -0.486. The fourth-order valence-electron chi connectivity index (χ4n) is 4.16. The van der Waals surface area contributed by atoms with Gasteiger partial charge in [0.05, 0.1) is 16.8 Å². The summed E-state index contributed by atoms with van der Waals surface area (Å²) in [5.74, 6) is -0.486. The molecule has 5 rings (SSSR count). The lowest BCUT2D eigenvalue weighted by Gasteiger charge is -2.22. The number of aromatic amines is 1. The van der Waals surface area contributed by atoms with Crippen LogP contribution in [0.3, 0.4) is 0 Å². The normalized spacial score (nSPS) is 13.7. The van der Waals surface area contributed by atoms with Gasteiger partial charge in [0.15, 0.2) is 0 Å². The molecule has 4 aromatic rings. The first-order valence-corrected chi connectivity index (χ1v) is 8.88. The second-order valence-corrected chi connectivity index (χ2v) is 6.83. The lowest BCUT2D eigenvalue weighted by Crippen LogP contribution is -2.08. The lowest BCUT2D eigenvalue weighted by molar-refractivity contribution is 0.624. The smallest absolute Gasteiger partial charge is 0.140 e. The average molecular weight is 341 g/mol. The Bertz CT molecular complexity index is 1210. The summed E-state index contributed by atoms with van der Waals surface area (Å²) < 4.78 is 13.8. The molecule has 2 aromatic carbocycles. The molecule has 2 heterocycles. The van der Waals surface area contributed by atoms with Crippen LogP contribution in [0, 0.1) is 17.1 Å². The van der Waals surface area contributed by atoms with Gasteiger partial charge in [0.1, 0.15) is 11.9 Å². The first kappa shape index (κ1) is 15.1. The van der Waals surface area contributed by atoms with E-state index in [-0.39, 0.29) is 5.56 Å². The largest absolute Gasteiger partial charge is 0.361 e. The van der Waals surface area contributed by atoms with Crippen molar-refractivity contribution in [1.29, 1.82) is 5.26 Å². The molecule has 126 valence electrons. The van der Waals surface area contributed by atoms with Crippen LogP contribution in [0.1, 0.15) is 29.5 Å². The molecule has 2 aromatic heterocycles. The van der Waals surface area contributed by atoms with Gasteiger partial charge in [-0.05, 0) is 73.2 Å². The fourth-order valence-corrected chi connectivity index (χ4v) is 4.16. The molecule has 0 radical (unpaired) electrons. The third kappa shape index (κ3) is 2.14. The molecular weight excluding hydrogens is 325 g/mol. The zero-order chi connectivity index (χ0) is 17.7. The van der Waals surface area contributed by atoms with E-state index in [1.807, 2.05) is 18.3 Å². The summed E-state index contributed by atoms with van der Waals surface area (Å²) >= 11 is 0. The number of aryl methyl sites for hydroxylation is 1. The second-order valence-electron chi connectivity index (χ2n) is 6.83. The summed E-state index contributed by atoms with van der Waals surface area (Å²) in [6, 6.07) is 12.9. The third-order valence-electron chi connectivity index (χ3n) is 5.36. The molecule has 1 N–H and O–H groups in total. The van der Waals surface area contributed by atoms with Crippen LogP contribution in [0.2, 0.25) is 0 Å². The molecule has 26 heavy (non-hydrogen) atoms. The van der Waals surface area contributed by atoms with E-state index in [2.05, 4.69) is 17.1 Å². The SMILES string of the molecule is N#Cc1cc(-c2nc3ccc4[nH]ccc4c3c3c2CCCC3)ccc1F. The van der Waals surface area contributed by atoms with E-state index >= 15 is 0 Å². The van der Waals surface area contributed by atoms with E-state index in [1.165, 1.54) is 34.4 Å². The van der Waals surface area contributed by atoms with Gasteiger partial charge < -0.3 is 4.98 Å². The van der Waals surface area contributed by atoms with Crippen LogP contribution in [0.5, 0.6) is 0 Å². The van der Waals surface area contributed by atoms with Crippen molar-refractivity contribution in [2.24, 2.45) is 0 Å². The Balaban J connectivity index is 1.87. The predicted molar refractivity (Wildman–Crippen MR) is 100 cm³/mol. The van der Waals surface area contributed by atoms with Gasteiger partial charge in [0, 0.05) is 28.0 Å². The third-order valence-corrected chi connectivity index (χ3v) is 5.36. The summed E-state index contributed by atoms with van der Waals surface area (Å²) in [4.78, 5) is 8.23. The van der Waals surface area contributed by atoms with Crippen molar-refractivity contribution in [2.75, 3.05) is 0 Å². The molecule has 1 aliphatic carbocycles. The quantitative estimate of drug-likeness (QED) is 0.512. The molecule has 4 heteroatoms. The van der Waals surface area contributed by atoms with E-state index < -0.39 is 5.82 Å². The molecule has 0 aliphatic heterocycles. The molecule has 0 atom stereocenters. The summed E-state index contributed by atoms with van der Waals surface area (Å²) in [6.45, 7) is 0. The number of H-pyrrole nitrogens is 1. The molecule has 0 saturated carbocycles. The Labute approximate surface area is 150 Å². The number of hydrogen-bond donors (Lipinski definition) is 1. The molecule has 3 nitrogen and oxygen atoms in total. The number of halogens is 1. The highest BCUT2D eigenvalue weighted by molar-refractivity contribution is 6.08. The first-order chi connectivity index (χ1) is 12.8. The van der Waals surface area contributed by atoms with Gasteiger partial charge in [-0.15, -0.1) is 0 Å². The van der Waals surface area contributed by atoms with Crippen LogP contribution in [0.15, 0.2) is 42.6 Å². The highest BCUT2D eigenvalue weighted by Crippen LogP contribution is 2.38. The molecule has 0 spiro atoms. The molecule has 0 saturated heterocycles. The van der Waals surface area contributed by atoms with Gasteiger partial charge in [-0.1, -0.05) is 0 Å². The predicted octanol–water partition coefficient (Wildman–Crippen LogP) is 5.27. The molecular formula is C22H16FN3. The van der Waals surface area contributed by atoms with Crippen molar-refractivity contribution >= 4 is 21.8 Å². The number of hydrogen-bond acceptors (Lipinski definition) is 2. The number of nitrogens with zero attached hydrogens (tertiary/aromatic N) is 2. The maximum Gasteiger partial charge on any atom is 0.140 e. The minimum absolute atomic E-state index is 0.0649. The maximum absolute atomic E-state index is 13.8. The number of aromatic nitrogens is 2. The first-order valence-electron chi connectivity index (χ1n) is 8.88. The summed E-state index contributed by atoms with van der Waals surface area (Å²) in [5, 5.41) is 11.6. The molecule has 0 bridgehead atoms. The number of fused-ring (bicyclic) bond motifs is 5. The van der Waals surface area contributed by atoms with Crippen molar-refractivity contribution in [3.05, 3.63) is 65.1 Å². The van der Waals surface area contributed by atoms with Crippen LogP contribution in [0.25, 0.3) is 33.1 Å². The van der Waals surface area contributed by atoms with Crippen molar-refractivity contribution in [3.63, 3.8) is 0 Å². The standard InChI is InChI=1S/C22H16FN3/c23-18-6-5-13(11-14(18)12-24)22-16-4-2-1-3-15(16)21-17-9-10-25-19(17)7-8-20(21)26-22/h5-11,25H,1-4H2. The number of pyridine rings is 1. The Morgan fingerprint density at radius 2 is 1.88 bits per heavy atom. The van der Waals surface area contributed by atoms with Crippen LogP contribution in [-0.2, 0) is 12.8 Å².